The van der Waals surface area contributed by atoms with Gasteiger partial charge in [-0.3, -0.25) is 10.0 Å². The van der Waals surface area contributed by atoms with Crippen LogP contribution in [-0.2, 0) is 19.5 Å². The maximum absolute atomic E-state index is 11.7. The molecule has 0 atom stereocenters. The van der Waals surface area contributed by atoms with Crippen molar-refractivity contribution < 1.29 is 10.0 Å². The van der Waals surface area contributed by atoms with E-state index in [9.17, 15) is 4.79 Å². The number of carbonyl (C=O) groups is 1. The Morgan fingerprint density at radius 3 is 2.81 bits per heavy atom. The van der Waals surface area contributed by atoms with Crippen LogP contribution in [0.15, 0.2) is 42.5 Å². The topological polar surface area (TPSA) is 57.5 Å². The van der Waals surface area contributed by atoms with Gasteiger partial charge in [-0.25, -0.2) is 5.48 Å². The van der Waals surface area contributed by atoms with E-state index in [1.807, 2.05) is 19.1 Å². The van der Waals surface area contributed by atoms with Crippen molar-refractivity contribution in [1.82, 2.24) is 14.9 Å². The number of fused-ring (bicyclic) bond motifs is 3. The van der Waals surface area contributed by atoms with E-state index in [1.54, 1.807) is 11.5 Å². The number of carbonyl (C=O) groups excluding carboxylic acids is 1. The highest BCUT2D eigenvalue weighted by atomic mass is 16.5. The molecule has 2 aromatic carbocycles. The van der Waals surface area contributed by atoms with Crippen molar-refractivity contribution in [2.75, 3.05) is 13.6 Å². The first-order valence-electron chi connectivity index (χ1n) is 8.90. The Labute approximate surface area is 152 Å². The summed E-state index contributed by atoms with van der Waals surface area (Å²) in [5.74, 6) is -0.471. The fourth-order valence-corrected chi connectivity index (χ4v) is 4.04. The summed E-state index contributed by atoms with van der Waals surface area (Å²) >= 11 is 0. The van der Waals surface area contributed by atoms with Gasteiger partial charge in [0.1, 0.15) is 0 Å². The monoisotopic (exact) mass is 349 g/mol. The second-order valence-corrected chi connectivity index (χ2v) is 7.11. The SMILES string of the molecule is Cc1cc(Cn2c3c(c4ccccc42)CN(C)CC3)ccc1C(=O)NO. The third-order valence-electron chi connectivity index (χ3n) is 5.33. The highest BCUT2D eigenvalue weighted by Crippen LogP contribution is 2.31. The Kier molecular flexibility index (Phi) is 4.26. The number of rotatable bonds is 3. The van der Waals surface area contributed by atoms with Crippen LogP contribution < -0.4 is 5.48 Å². The first kappa shape index (κ1) is 16.8. The van der Waals surface area contributed by atoms with Gasteiger partial charge in [-0.1, -0.05) is 30.3 Å². The predicted molar refractivity (Wildman–Crippen MR) is 102 cm³/mol. The minimum absolute atomic E-state index is 0.471. The highest BCUT2D eigenvalue weighted by molar-refractivity contribution is 5.94. The lowest BCUT2D eigenvalue weighted by Gasteiger charge is -2.24. The minimum atomic E-state index is -0.471. The Morgan fingerprint density at radius 1 is 1.23 bits per heavy atom. The van der Waals surface area contributed by atoms with Gasteiger partial charge in [-0.15, -0.1) is 0 Å². The first-order chi connectivity index (χ1) is 12.6. The zero-order chi connectivity index (χ0) is 18.3. The number of hydrogen-bond donors (Lipinski definition) is 2. The van der Waals surface area contributed by atoms with E-state index in [-0.39, 0.29) is 0 Å². The summed E-state index contributed by atoms with van der Waals surface area (Å²) in [4.78, 5) is 14.1. The molecule has 5 nitrogen and oxygen atoms in total. The van der Waals surface area contributed by atoms with E-state index in [0.29, 0.717) is 5.56 Å². The van der Waals surface area contributed by atoms with Crippen molar-refractivity contribution >= 4 is 16.8 Å². The number of nitrogens with zero attached hydrogens (tertiary/aromatic N) is 2. The smallest absolute Gasteiger partial charge is 0.274 e. The number of likely N-dealkylation sites (N-methyl/N-ethyl adjacent to an activating group) is 1. The van der Waals surface area contributed by atoms with Gasteiger partial charge in [-0.05, 0) is 42.8 Å². The van der Waals surface area contributed by atoms with E-state index < -0.39 is 5.91 Å². The fourth-order valence-electron chi connectivity index (χ4n) is 4.04. The van der Waals surface area contributed by atoms with E-state index in [4.69, 9.17) is 5.21 Å². The quantitative estimate of drug-likeness (QED) is 0.564. The first-order valence-corrected chi connectivity index (χ1v) is 8.90. The van der Waals surface area contributed by atoms with Crippen LogP contribution in [0.1, 0.15) is 32.7 Å². The van der Waals surface area contributed by atoms with Gasteiger partial charge in [0.05, 0.1) is 0 Å². The van der Waals surface area contributed by atoms with Gasteiger partial charge in [-0.2, -0.15) is 0 Å². The number of para-hydroxylation sites is 1. The van der Waals surface area contributed by atoms with Crippen LogP contribution in [0.5, 0.6) is 0 Å². The molecule has 5 heteroatoms. The highest BCUT2D eigenvalue weighted by Gasteiger charge is 2.22. The molecule has 1 aliphatic rings. The van der Waals surface area contributed by atoms with Gasteiger partial charge in [0.25, 0.3) is 5.91 Å². The molecule has 1 aliphatic heterocycles. The molecule has 0 saturated carbocycles. The van der Waals surface area contributed by atoms with E-state index in [1.165, 1.54) is 22.2 Å². The van der Waals surface area contributed by atoms with Gasteiger partial charge in [0.15, 0.2) is 0 Å². The maximum atomic E-state index is 11.7. The Balaban J connectivity index is 1.76. The molecule has 4 rings (SSSR count). The number of aryl methyl sites for hydroxylation is 1. The summed E-state index contributed by atoms with van der Waals surface area (Å²) in [6, 6.07) is 14.4. The number of nitrogens with one attached hydrogen (secondary N) is 1. The predicted octanol–water partition coefficient (Wildman–Crippen LogP) is 3.10. The molecule has 0 fully saturated rings. The maximum Gasteiger partial charge on any atom is 0.274 e. The second-order valence-electron chi connectivity index (χ2n) is 7.11. The van der Waals surface area contributed by atoms with Crippen LogP contribution >= 0.6 is 0 Å². The molecule has 0 unspecified atom stereocenters. The molecule has 134 valence electrons. The fraction of sp³-hybridized carbons (Fsp3) is 0.286. The average Bonchev–Trinajstić information content (AvgIpc) is 2.95. The van der Waals surface area contributed by atoms with E-state index in [2.05, 4.69) is 40.8 Å². The molecular formula is C21H23N3O2. The molecule has 0 aliphatic carbocycles. The summed E-state index contributed by atoms with van der Waals surface area (Å²) in [7, 11) is 2.17. The normalized spacial score (nSPS) is 14.4. The lowest BCUT2D eigenvalue weighted by molar-refractivity contribution is 0.0705. The van der Waals surface area contributed by atoms with E-state index in [0.717, 1.165) is 37.2 Å². The molecule has 26 heavy (non-hydrogen) atoms. The molecule has 0 radical (unpaired) electrons. The number of hydrogen-bond acceptors (Lipinski definition) is 3. The lowest BCUT2D eigenvalue weighted by atomic mass is 10.0. The molecule has 2 N–H and O–H groups in total. The summed E-state index contributed by atoms with van der Waals surface area (Å²) in [6.45, 7) is 4.73. The molecular weight excluding hydrogens is 326 g/mol. The van der Waals surface area contributed by atoms with Crippen molar-refractivity contribution in [3.63, 3.8) is 0 Å². The van der Waals surface area contributed by atoms with Crippen molar-refractivity contribution in [1.29, 1.82) is 0 Å². The van der Waals surface area contributed by atoms with Crippen LogP contribution in [0.4, 0.5) is 0 Å². The number of hydroxylamine groups is 1. The molecule has 1 amide bonds. The number of aromatic nitrogens is 1. The van der Waals surface area contributed by atoms with Crippen LogP contribution in [0, 0.1) is 6.92 Å². The molecule has 0 bridgehead atoms. The van der Waals surface area contributed by atoms with Crippen molar-refractivity contribution in [2.45, 2.75) is 26.4 Å². The van der Waals surface area contributed by atoms with Crippen molar-refractivity contribution in [3.05, 3.63) is 70.4 Å². The molecule has 0 saturated heterocycles. The van der Waals surface area contributed by atoms with Gasteiger partial charge in [0.2, 0.25) is 0 Å². The molecule has 1 aromatic heterocycles. The summed E-state index contributed by atoms with van der Waals surface area (Å²) in [5, 5.41) is 10.2. The molecule has 3 aromatic rings. The van der Waals surface area contributed by atoms with Gasteiger partial charge in [0, 0.05) is 48.2 Å². The van der Waals surface area contributed by atoms with Gasteiger partial charge < -0.3 is 9.47 Å². The molecule has 2 heterocycles. The second kappa shape index (κ2) is 6.59. The number of benzene rings is 2. The zero-order valence-corrected chi connectivity index (χ0v) is 15.1. The third kappa shape index (κ3) is 2.79. The molecule has 0 spiro atoms. The minimum Gasteiger partial charge on any atom is -0.340 e. The van der Waals surface area contributed by atoms with Crippen LogP contribution in [0.3, 0.4) is 0 Å². The standard InChI is InChI=1S/C21H23N3O2/c1-14-11-15(7-8-16(14)21(25)22-26)12-24-19-6-4-3-5-17(19)18-13-23(2)10-9-20(18)24/h3-8,11,26H,9-10,12-13H2,1-2H3,(H,22,25). The van der Waals surface area contributed by atoms with Gasteiger partial charge >= 0.3 is 0 Å². The zero-order valence-electron chi connectivity index (χ0n) is 15.1. The van der Waals surface area contributed by atoms with Crippen molar-refractivity contribution in [2.24, 2.45) is 0 Å². The third-order valence-corrected chi connectivity index (χ3v) is 5.33. The largest absolute Gasteiger partial charge is 0.340 e. The Hall–Kier alpha value is -2.63. The van der Waals surface area contributed by atoms with E-state index >= 15 is 0 Å². The lowest BCUT2D eigenvalue weighted by Crippen LogP contribution is -2.27. The van der Waals surface area contributed by atoms with Crippen LogP contribution in [0.2, 0.25) is 0 Å². The Bertz CT molecular complexity index is 990. The average molecular weight is 349 g/mol. The van der Waals surface area contributed by atoms with Crippen LogP contribution in [0.25, 0.3) is 10.9 Å². The Morgan fingerprint density at radius 2 is 2.04 bits per heavy atom. The number of amides is 1. The summed E-state index contributed by atoms with van der Waals surface area (Å²) in [5.41, 5.74) is 8.33. The van der Waals surface area contributed by atoms with Crippen LogP contribution in [-0.4, -0.2) is 34.2 Å². The summed E-state index contributed by atoms with van der Waals surface area (Å²) in [6.07, 6.45) is 1.05. The summed E-state index contributed by atoms with van der Waals surface area (Å²) < 4.78 is 2.41. The van der Waals surface area contributed by atoms with Crippen molar-refractivity contribution in [3.8, 4) is 0 Å².